The van der Waals surface area contributed by atoms with Crippen molar-refractivity contribution in [2.24, 2.45) is 0 Å². The number of hydrogen-bond donors (Lipinski definition) is 0. The smallest absolute Gasteiger partial charge is 0.311 e. The van der Waals surface area contributed by atoms with Crippen molar-refractivity contribution < 1.29 is 13.9 Å². The Hall–Kier alpha value is -2.40. The molecule has 1 aromatic heterocycles. The lowest BCUT2D eigenvalue weighted by molar-refractivity contribution is -0.134. The van der Waals surface area contributed by atoms with E-state index in [1.165, 1.54) is 0 Å². The van der Waals surface area contributed by atoms with Gasteiger partial charge in [0.1, 0.15) is 5.75 Å². The Morgan fingerprint density at radius 2 is 1.83 bits per heavy atom. The van der Waals surface area contributed by atoms with Crippen LogP contribution in [0, 0.1) is 0 Å². The van der Waals surface area contributed by atoms with Gasteiger partial charge in [-0.15, -0.1) is 0 Å². The zero-order chi connectivity index (χ0) is 16.1. The minimum Gasteiger partial charge on any atom is -0.441 e. The molecule has 0 spiro atoms. The van der Waals surface area contributed by atoms with Gasteiger partial charge in [-0.3, -0.25) is 4.79 Å². The molecule has 5 heteroatoms. The first-order valence-corrected chi connectivity index (χ1v) is 7.97. The van der Waals surface area contributed by atoms with Gasteiger partial charge >= 0.3 is 5.97 Å². The summed E-state index contributed by atoms with van der Waals surface area (Å²) in [6, 6.07) is 16.9. The van der Waals surface area contributed by atoms with E-state index in [4.69, 9.17) is 9.15 Å². The van der Waals surface area contributed by atoms with Crippen LogP contribution in [0.25, 0.3) is 11.3 Å². The fourth-order valence-electron chi connectivity index (χ4n) is 2.07. The van der Waals surface area contributed by atoms with Crippen LogP contribution in [0.15, 0.2) is 69.7 Å². The van der Waals surface area contributed by atoms with Crippen LogP contribution in [0.4, 0.5) is 0 Å². The minimum atomic E-state index is -0.323. The zero-order valence-electron chi connectivity index (χ0n) is 12.2. The van der Waals surface area contributed by atoms with Gasteiger partial charge in [0, 0.05) is 12.0 Å². The summed E-state index contributed by atoms with van der Waals surface area (Å²) in [5.74, 6) is 1.40. The lowest BCUT2D eigenvalue weighted by atomic mass is 10.2. The number of ether oxygens (including phenoxy) is 1. The van der Waals surface area contributed by atoms with E-state index in [9.17, 15) is 4.79 Å². The molecule has 0 N–H and O–H groups in total. The maximum atomic E-state index is 11.9. The molecule has 0 aliphatic rings. The first kappa shape index (κ1) is 15.5. The molecule has 0 atom stereocenters. The first-order valence-electron chi connectivity index (χ1n) is 7.18. The third-order valence-electron chi connectivity index (χ3n) is 3.22. The summed E-state index contributed by atoms with van der Waals surface area (Å²) in [5, 5.41) is 0. The monoisotopic (exact) mass is 371 g/mol. The second-order valence-corrected chi connectivity index (χ2v) is 5.74. The van der Waals surface area contributed by atoms with Gasteiger partial charge in [-0.2, -0.15) is 0 Å². The van der Waals surface area contributed by atoms with Gasteiger partial charge in [-0.1, -0.05) is 42.5 Å². The second kappa shape index (κ2) is 7.24. The van der Waals surface area contributed by atoms with Crippen LogP contribution < -0.4 is 4.74 Å². The van der Waals surface area contributed by atoms with Gasteiger partial charge in [-0.05, 0) is 28.1 Å². The Labute approximate surface area is 142 Å². The molecule has 116 valence electrons. The number of rotatable bonds is 5. The molecular weight excluding hydrogens is 358 g/mol. The molecule has 0 aliphatic heterocycles. The van der Waals surface area contributed by atoms with Crippen molar-refractivity contribution in [3.05, 3.63) is 71.2 Å². The number of carbonyl (C=O) groups is 1. The van der Waals surface area contributed by atoms with Crippen LogP contribution in [0.1, 0.15) is 12.3 Å². The minimum absolute atomic E-state index is 0.204. The fraction of sp³-hybridized carbons (Fsp3) is 0.111. The average Bonchev–Trinajstić information content (AvgIpc) is 3.05. The number of oxazole rings is 1. The molecule has 1 heterocycles. The van der Waals surface area contributed by atoms with Gasteiger partial charge < -0.3 is 9.15 Å². The van der Waals surface area contributed by atoms with Crippen molar-refractivity contribution in [1.29, 1.82) is 0 Å². The second-order valence-electron chi connectivity index (χ2n) is 4.89. The van der Waals surface area contributed by atoms with Crippen LogP contribution in [-0.2, 0) is 11.2 Å². The Balaban J connectivity index is 1.58. The molecule has 0 saturated carbocycles. The highest BCUT2D eigenvalue weighted by molar-refractivity contribution is 9.10. The maximum Gasteiger partial charge on any atom is 0.311 e. The van der Waals surface area contributed by atoms with E-state index in [0.717, 1.165) is 10.0 Å². The van der Waals surface area contributed by atoms with Crippen molar-refractivity contribution in [3.8, 4) is 17.1 Å². The predicted octanol–water partition coefficient (Wildman–Crippen LogP) is 4.64. The molecule has 0 unspecified atom stereocenters. The van der Waals surface area contributed by atoms with E-state index in [2.05, 4.69) is 20.9 Å². The Morgan fingerprint density at radius 3 is 2.61 bits per heavy atom. The molecular formula is C18H14BrNO3. The highest BCUT2D eigenvalue weighted by Gasteiger charge is 2.11. The Bertz CT molecular complexity index is 799. The van der Waals surface area contributed by atoms with Gasteiger partial charge in [0.2, 0.25) is 0 Å². The number of halogens is 1. The number of benzene rings is 2. The van der Waals surface area contributed by atoms with Gasteiger partial charge in [-0.25, -0.2) is 4.98 Å². The molecule has 0 amide bonds. The molecule has 0 aliphatic carbocycles. The zero-order valence-corrected chi connectivity index (χ0v) is 13.8. The van der Waals surface area contributed by atoms with E-state index < -0.39 is 0 Å². The van der Waals surface area contributed by atoms with Crippen molar-refractivity contribution in [2.75, 3.05) is 0 Å². The Kier molecular flexibility index (Phi) is 4.88. The summed E-state index contributed by atoms with van der Waals surface area (Å²) in [5.41, 5.74) is 0.960. The molecule has 0 saturated heterocycles. The van der Waals surface area contributed by atoms with Crippen molar-refractivity contribution in [2.45, 2.75) is 12.8 Å². The number of aryl methyl sites for hydroxylation is 1. The van der Waals surface area contributed by atoms with E-state index in [1.54, 1.807) is 12.3 Å². The van der Waals surface area contributed by atoms with Crippen LogP contribution in [-0.4, -0.2) is 11.0 Å². The van der Waals surface area contributed by atoms with Crippen LogP contribution in [0.5, 0.6) is 5.75 Å². The van der Waals surface area contributed by atoms with Gasteiger partial charge in [0.15, 0.2) is 11.7 Å². The molecule has 23 heavy (non-hydrogen) atoms. The number of nitrogens with zero attached hydrogens (tertiary/aromatic N) is 1. The lowest BCUT2D eigenvalue weighted by Crippen LogP contribution is -2.09. The van der Waals surface area contributed by atoms with Crippen molar-refractivity contribution in [1.82, 2.24) is 4.98 Å². The number of aromatic nitrogens is 1. The molecule has 0 bridgehead atoms. The van der Waals surface area contributed by atoms with E-state index in [-0.39, 0.29) is 12.4 Å². The highest BCUT2D eigenvalue weighted by atomic mass is 79.9. The summed E-state index contributed by atoms with van der Waals surface area (Å²) in [4.78, 5) is 16.1. The first-order chi connectivity index (χ1) is 11.2. The highest BCUT2D eigenvalue weighted by Crippen LogP contribution is 2.24. The maximum absolute atomic E-state index is 11.9. The third-order valence-corrected chi connectivity index (χ3v) is 3.87. The van der Waals surface area contributed by atoms with Crippen molar-refractivity contribution in [3.63, 3.8) is 0 Å². The number of carbonyl (C=O) groups excluding carboxylic acids is 1. The molecule has 4 nitrogen and oxygen atoms in total. The molecule has 0 radical (unpaired) electrons. The Morgan fingerprint density at radius 1 is 1.09 bits per heavy atom. The quantitative estimate of drug-likeness (QED) is 0.484. The fourth-order valence-corrected chi connectivity index (χ4v) is 2.44. The number of para-hydroxylation sites is 1. The third kappa shape index (κ3) is 4.07. The number of esters is 1. The normalized spacial score (nSPS) is 10.5. The molecule has 0 fully saturated rings. The standard InChI is InChI=1S/C18H14BrNO3/c19-14-8-4-5-9-15(14)23-18(21)11-10-17-20-12-16(22-17)13-6-2-1-3-7-13/h1-9,12H,10-11H2. The summed E-state index contributed by atoms with van der Waals surface area (Å²) in [6.45, 7) is 0. The van der Waals surface area contributed by atoms with Crippen LogP contribution in [0.2, 0.25) is 0 Å². The summed E-state index contributed by atoms with van der Waals surface area (Å²) >= 11 is 3.34. The SMILES string of the molecule is O=C(CCc1ncc(-c2ccccc2)o1)Oc1ccccc1Br. The van der Waals surface area contributed by atoms with Gasteiger partial charge in [0.05, 0.1) is 17.1 Å². The summed E-state index contributed by atoms with van der Waals surface area (Å²) < 4.78 is 11.7. The topological polar surface area (TPSA) is 52.3 Å². The van der Waals surface area contributed by atoms with Gasteiger partial charge in [0.25, 0.3) is 0 Å². The largest absolute Gasteiger partial charge is 0.441 e. The average molecular weight is 372 g/mol. The van der Waals surface area contributed by atoms with Crippen molar-refractivity contribution >= 4 is 21.9 Å². The lowest BCUT2D eigenvalue weighted by Gasteiger charge is -2.05. The molecule has 2 aromatic carbocycles. The molecule has 3 rings (SSSR count). The van der Waals surface area contributed by atoms with Crippen LogP contribution >= 0.6 is 15.9 Å². The predicted molar refractivity (Wildman–Crippen MR) is 90.0 cm³/mol. The number of hydrogen-bond acceptors (Lipinski definition) is 4. The summed E-state index contributed by atoms with van der Waals surface area (Å²) in [7, 11) is 0. The van der Waals surface area contributed by atoms with E-state index >= 15 is 0 Å². The molecule has 3 aromatic rings. The van der Waals surface area contributed by atoms with Crippen LogP contribution in [0.3, 0.4) is 0 Å². The summed E-state index contributed by atoms with van der Waals surface area (Å²) in [6.07, 6.45) is 2.27. The van der Waals surface area contributed by atoms with E-state index in [0.29, 0.717) is 23.8 Å². The van der Waals surface area contributed by atoms with E-state index in [1.807, 2.05) is 48.5 Å².